The molecule has 6 heteroatoms. The summed E-state index contributed by atoms with van der Waals surface area (Å²) in [5.74, 6) is -0.0917. The number of amides is 1. The first kappa shape index (κ1) is 19.6. The van der Waals surface area contributed by atoms with Crippen molar-refractivity contribution in [3.8, 4) is 5.75 Å². The highest BCUT2D eigenvalue weighted by molar-refractivity contribution is 5.99. The zero-order chi connectivity index (χ0) is 20.5. The van der Waals surface area contributed by atoms with Crippen LogP contribution in [0.3, 0.4) is 0 Å². The molecule has 0 spiro atoms. The highest BCUT2D eigenvalue weighted by atomic mass is 16.5. The molecule has 0 unspecified atom stereocenters. The maximum Gasteiger partial charge on any atom is 0.337 e. The van der Waals surface area contributed by atoms with Gasteiger partial charge in [0.2, 0.25) is 0 Å². The van der Waals surface area contributed by atoms with Crippen LogP contribution < -0.4 is 9.64 Å². The molecule has 1 aliphatic rings. The van der Waals surface area contributed by atoms with E-state index in [0.29, 0.717) is 22.6 Å². The molecule has 1 amide bonds. The van der Waals surface area contributed by atoms with Crippen molar-refractivity contribution >= 4 is 23.9 Å². The van der Waals surface area contributed by atoms with E-state index >= 15 is 0 Å². The Morgan fingerprint density at radius 3 is 2.61 bits per heavy atom. The van der Waals surface area contributed by atoms with Gasteiger partial charge in [-0.2, -0.15) is 0 Å². The number of nitrogens with zero attached hydrogens (tertiary/aromatic N) is 1. The Morgan fingerprint density at radius 1 is 1.21 bits per heavy atom. The van der Waals surface area contributed by atoms with Crippen molar-refractivity contribution in [1.29, 1.82) is 0 Å². The molecule has 2 aromatic rings. The number of hydrogen-bond donors (Lipinski definition) is 0. The molecule has 6 nitrogen and oxygen atoms in total. The van der Waals surface area contributed by atoms with Gasteiger partial charge in [-0.3, -0.25) is 9.59 Å². The monoisotopic (exact) mass is 381 g/mol. The number of hydrogen-bond acceptors (Lipinski definition) is 5. The zero-order valence-electron chi connectivity index (χ0n) is 16.4. The number of anilines is 1. The number of ether oxygens (including phenoxy) is 2. The van der Waals surface area contributed by atoms with E-state index in [1.54, 1.807) is 29.2 Å². The van der Waals surface area contributed by atoms with E-state index in [2.05, 4.69) is 20.8 Å². The number of aldehydes is 1. The van der Waals surface area contributed by atoms with Gasteiger partial charge in [0.1, 0.15) is 12.0 Å². The molecule has 0 N–H and O–H groups in total. The summed E-state index contributed by atoms with van der Waals surface area (Å²) in [7, 11) is 1.34. The first-order valence-corrected chi connectivity index (χ1v) is 8.98. The molecule has 1 aliphatic heterocycles. The van der Waals surface area contributed by atoms with Crippen LogP contribution in [0, 0.1) is 0 Å². The third-order valence-corrected chi connectivity index (χ3v) is 4.68. The van der Waals surface area contributed by atoms with E-state index in [0.717, 1.165) is 17.4 Å². The van der Waals surface area contributed by atoms with Crippen molar-refractivity contribution in [1.82, 2.24) is 0 Å². The second-order valence-electron chi connectivity index (χ2n) is 7.77. The number of carbonyl (C=O) groups excluding carboxylic acids is 3. The van der Waals surface area contributed by atoms with E-state index in [1.165, 1.54) is 7.11 Å². The third kappa shape index (κ3) is 3.91. The van der Waals surface area contributed by atoms with Gasteiger partial charge >= 0.3 is 5.97 Å². The lowest BCUT2D eigenvalue weighted by Crippen LogP contribution is -2.38. The summed E-state index contributed by atoms with van der Waals surface area (Å²) in [6.07, 6.45) is 0.729. The molecule has 2 aromatic carbocycles. The summed E-state index contributed by atoms with van der Waals surface area (Å²) in [6.45, 7) is 6.35. The minimum absolute atomic E-state index is 0.0732. The summed E-state index contributed by atoms with van der Waals surface area (Å²) < 4.78 is 10.4. The molecule has 0 radical (unpaired) electrons. The van der Waals surface area contributed by atoms with Crippen LogP contribution in [0.2, 0.25) is 0 Å². The maximum atomic E-state index is 12.5. The molecular formula is C22H23NO5. The van der Waals surface area contributed by atoms with Crippen LogP contribution in [0.1, 0.15) is 52.6 Å². The second-order valence-corrected chi connectivity index (χ2v) is 7.77. The van der Waals surface area contributed by atoms with Crippen LogP contribution in [-0.4, -0.2) is 31.9 Å². The lowest BCUT2D eigenvalue weighted by Gasteiger charge is -2.30. The Morgan fingerprint density at radius 2 is 1.96 bits per heavy atom. The van der Waals surface area contributed by atoms with Gasteiger partial charge in [-0.1, -0.05) is 26.8 Å². The number of esters is 1. The van der Waals surface area contributed by atoms with Crippen molar-refractivity contribution < 1.29 is 23.9 Å². The molecule has 0 fully saturated rings. The molecule has 0 saturated heterocycles. The lowest BCUT2D eigenvalue weighted by molar-refractivity contribution is -0.121. The highest BCUT2D eigenvalue weighted by Crippen LogP contribution is 2.34. The second kappa shape index (κ2) is 7.46. The van der Waals surface area contributed by atoms with E-state index < -0.39 is 5.97 Å². The quantitative estimate of drug-likeness (QED) is 0.599. The molecule has 0 saturated carbocycles. The lowest BCUT2D eigenvalue weighted by atomic mass is 9.85. The van der Waals surface area contributed by atoms with Crippen LogP contribution in [-0.2, 0) is 21.5 Å². The van der Waals surface area contributed by atoms with Gasteiger partial charge in [-0.25, -0.2) is 4.79 Å². The minimum Gasteiger partial charge on any atom is -0.482 e. The van der Waals surface area contributed by atoms with Crippen molar-refractivity contribution in [3.63, 3.8) is 0 Å². The van der Waals surface area contributed by atoms with Gasteiger partial charge < -0.3 is 14.4 Å². The topological polar surface area (TPSA) is 72.9 Å². The van der Waals surface area contributed by atoms with Gasteiger partial charge in [-0.05, 0) is 46.9 Å². The molecule has 0 bridgehead atoms. The fourth-order valence-electron chi connectivity index (χ4n) is 3.10. The molecule has 0 aliphatic carbocycles. The number of rotatable bonds is 4. The highest BCUT2D eigenvalue weighted by Gasteiger charge is 2.27. The first-order chi connectivity index (χ1) is 13.2. The van der Waals surface area contributed by atoms with Crippen molar-refractivity contribution in [2.75, 3.05) is 18.6 Å². The predicted molar refractivity (Wildman–Crippen MR) is 105 cm³/mol. The Labute approximate surface area is 164 Å². The minimum atomic E-state index is -0.427. The van der Waals surface area contributed by atoms with Crippen molar-refractivity contribution in [2.24, 2.45) is 0 Å². The summed E-state index contributed by atoms with van der Waals surface area (Å²) in [5, 5.41) is 0. The van der Waals surface area contributed by atoms with E-state index in [1.807, 2.05) is 12.1 Å². The molecule has 1 heterocycles. The normalized spacial score (nSPS) is 13.6. The average molecular weight is 381 g/mol. The Kier molecular flexibility index (Phi) is 5.23. The van der Waals surface area contributed by atoms with Crippen LogP contribution in [0.5, 0.6) is 5.75 Å². The number of benzene rings is 2. The maximum absolute atomic E-state index is 12.5. The molecular weight excluding hydrogens is 358 g/mol. The van der Waals surface area contributed by atoms with Crippen molar-refractivity contribution in [3.05, 3.63) is 58.7 Å². The van der Waals surface area contributed by atoms with Crippen LogP contribution in [0.25, 0.3) is 0 Å². The SMILES string of the molecule is COC(=O)c1cc(CN2C(=O)COc3ccc(C=O)cc32)cc(C(C)(C)C)c1. The molecule has 146 valence electrons. The van der Waals surface area contributed by atoms with Gasteiger partial charge in [-0.15, -0.1) is 0 Å². The first-order valence-electron chi connectivity index (χ1n) is 8.98. The standard InChI is InChI=1S/C22H23NO5/c1-22(2,3)17-8-15(7-16(10-17)21(26)27-4)11-23-18-9-14(12-24)5-6-19(18)28-13-20(23)25/h5-10,12H,11,13H2,1-4H3. The fraction of sp³-hybridized carbons (Fsp3) is 0.318. The van der Waals surface area contributed by atoms with Crippen molar-refractivity contribution in [2.45, 2.75) is 32.7 Å². The summed E-state index contributed by atoms with van der Waals surface area (Å²) in [6, 6.07) is 10.5. The average Bonchev–Trinajstić information content (AvgIpc) is 2.68. The summed E-state index contributed by atoms with van der Waals surface area (Å²) in [4.78, 5) is 37.4. The molecule has 0 aromatic heterocycles. The van der Waals surface area contributed by atoms with Crippen LogP contribution in [0.15, 0.2) is 36.4 Å². The molecule has 0 atom stereocenters. The Hall–Kier alpha value is -3.15. The Bertz CT molecular complexity index is 942. The number of fused-ring (bicyclic) bond motifs is 1. The zero-order valence-corrected chi connectivity index (χ0v) is 16.4. The summed E-state index contributed by atoms with van der Waals surface area (Å²) in [5.41, 5.74) is 3.02. The number of methoxy groups -OCH3 is 1. The largest absolute Gasteiger partial charge is 0.482 e. The Balaban J connectivity index is 2.05. The summed E-state index contributed by atoms with van der Waals surface area (Å²) >= 11 is 0. The third-order valence-electron chi connectivity index (χ3n) is 4.68. The van der Waals surface area contributed by atoms with Crippen LogP contribution >= 0.6 is 0 Å². The predicted octanol–water partition coefficient (Wildman–Crippen LogP) is 3.51. The van der Waals surface area contributed by atoms with E-state index in [9.17, 15) is 14.4 Å². The smallest absolute Gasteiger partial charge is 0.337 e. The van der Waals surface area contributed by atoms with Gasteiger partial charge in [0.05, 0.1) is 24.9 Å². The van der Waals surface area contributed by atoms with Crippen LogP contribution in [0.4, 0.5) is 5.69 Å². The van der Waals surface area contributed by atoms with E-state index in [4.69, 9.17) is 9.47 Å². The van der Waals surface area contributed by atoms with Gasteiger partial charge in [0, 0.05) is 5.56 Å². The van der Waals surface area contributed by atoms with Gasteiger partial charge in [0.25, 0.3) is 5.91 Å². The molecule has 28 heavy (non-hydrogen) atoms. The molecule has 3 rings (SSSR count). The fourth-order valence-corrected chi connectivity index (χ4v) is 3.10. The van der Waals surface area contributed by atoms with E-state index in [-0.39, 0.29) is 24.5 Å². The van der Waals surface area contributed by atoms with Gasteiger partial charge in [0.15, 0.2) is 6.61 Å². The number of carbonyl (C=O) groups is 3.